The van der Waals surface area contributed by atoms with Crippen LogP contribution in [0.3, 0.4) is 0 Å². The molecule has 5 heteroatoms. The number of hydrogen-bond acceptors (Lipinski definition) is 4. The number of likely N-dealkylation sites (tertiary alicyclic amines) is 1. The van der Waals surface area contributed by atoms with Gasteiger partial charge in [0.15, 0.2) is 0 Å². The Balaban J connectivity index is 1.54. The van der Waals surface area contributed by atoms with Crippen LogP contribution in [0.4, 0.5) is 4.39 Å². The number of ether oxygens (including phenoxy) is 2. The van der Waals surface area contributed by atoms with Crippen molar-refractivity contribution >= 4 is 11.8 Å². The molecule has 0 aromatic heterocycles. The van der Waals surface area contributed by atoms with Gasteiger partial charge in [0.2, 0.25) is 0 Å². The van der Waals surface area contributed by atoms with E-state index in [2.05, 4.69) is 43.9 Å². The van der Waals surface area contributed by atoms with E-state index in [-0.39, 0.29) is 17.5 Å². The third-order valence-electron chi connectivity index (χ3n) is 5.65. The summed E-state index contributed by atoms with van der Waals surface area (Å²) in [6.45, 7) is 12.6. The fourth-order valence-electron chi connectivity index (χ4n) is 4.51. The molecule has 29 heavy (non-hydrogen) atoms. The summed E-state index contributed by atoms with van der Waals surface area (Å²) in [7, 11) is 0. The Morgan fingerprint density at radius 3 is 2.66 bits per heavy atom. The first-order valence-electron chi connectivity index (χ1n) is 10.4. The second kappa shape index (κ2) is 7.84. The van der Waals surface area contributed by atoms with Gasteiger partial charge in [-0.15, -0.1) is 0 Å². The molecule has 3 nitrogen and oxygen atoms in total. The average molecular weight is 416 g/mol. The van der Waals surface area contributed by atoms with E-state index >= 15 is 0 Å². The fraction of sp³-hybridized carbons (Fsp3) is 0.500. The van der Waals surface area contributed by atoms with Gasteiger partial charge in [-0.1, -0.05) is 17.8 Å². The van der Waals surface area contributed by atoms with E-state index in [1.807, 2.05) is 19.9 Å². The lowest BCUT2D eigenvalue weighted by Gasteiger charge is -2.40. The van der Waals surface area contributed by atoms with E-state index in [9.17, 15) is 4.39 Å². The molecule has 0 N–H and O–H groups in total. The SMILES string of the molecule is CC(C)Oc1cc(F)cc(Sc2ccc3c(c2)OCC2C3CCN2C(C)(C)C)c1. The van der Waals surface area contributed by atoms with Crippen LogP contribution in [0.1, 0.15) is 52.5 Å². The van der Waals surface area contributed by atoms with Crippen LogP contribution in [0.15, 0.2) is 46.2 Å². The molecule has 2 aliphatic heterocycles. The lowest BCUT2D eigenvalue weighted by Crippen LogP contribution is -2.49. The van der Waals surface area contributed by atoms with Crippen molar-refractivity contribution in [1.82, 2.24) is 4.90 Å². The first kappa shape index (κ1) is 20.5. The van der Waals surface area contributed by atoms with E-state index < -0.39 is 0 Å². The molecule has 4 rings (SSSR count). The summed E-state index contributed by atoms with van der Waals surface area (Å²) in [4.78, 5) is 4.45. The molecule has 156 valence electrons. The molecule has 0 aliphatic carbocycles. The maximum Gasteiger partial charge on any atom is 0.128 e. The monoisotopic (exact) mass is 415 g/mol. The Morgan fingerprint density at radius 2 is 1.93 bits per heavy atom. The highest BCUT2D eigenvalue weighted by Gasteiger charge is 2.43. The number of hydrogen-bond donors (Lipinski definition) is 0. The van der Waals surface area contributed by atoms with Gasteiger partial charge < -0.3 is 9.47 Å². The zero-order chi connectivity index (χ0) is 20.8. The van der Waals surface area contributed by atoms with Crippen molar-refractivity contribution in [3.8, 4) is 11.5 Å². The van der Waals surface area contributed by atoms with Crippen molar-refractivity contribution in [1.29, 1.82) is 0 Å². The summed E-state index contributed by atoms with van der Waals surface area (Å²) >= 11 is 1.54. The minimum atomic E-state index is -0.282. The van der Waals surface area contributed by atoms with Crippen LogP contribution in [0.25, 0.3) is 0 Å². The van der Waals surface area contributed by atoms with Crippen LogP contribution in [0.2, 0.25) is 0 Å². The van der Waals surface area contributed by atoms with Gasteiger partial charge in [0, 0.05) is 27.3 Å². The van der Waals surface area contributed by atoms with Crippen LogP contribution in [-0.2, 0) is 0 Å². The number of halogens is 1. The van der Waals surface area contributed by atoms with E-state index in [0.717, 1.165) is 28.7 Å². The molecule has 2 aromatic carbocycles. The average Bonchev–Trinajstić information content (AvgIpc) is 3.05. The second-order valence-electron chi connectivity index (χ2n) is 9.23. The van der Waals surface area contributed by atoms with Gasteiger partial charge in [-0.2, -0.15) is 0 Å². The second-order valence-corrected chi connectivity index (χ2v) is 10.4. The van der Waals surface area contributed by atoms with Crippen molar-refractivity contribution in [2.45, 2.75) is 74.4 Å². The molecule has 0 bridgehead atoms. The summed E-state index contributed by atoms with van der Waals surface area (Å²) in [5.74, 6) is 1.78. The summed E-state index contributed by atoms with van der Waals surface area (Å²) in [5, 5.41) is 0. The quantitative estimate of drug-likeness (QED) is 0.600. The molecular weight excluding hydrogens is 385 g/mol. The smallest absolute Gasteiger partial charge is 0.128 e. The summed E-state index contributed by atoms with van der Waals surface area (Å²) in [6.07, 6.45) is 1.18. The van der Waals surface area contributed by atoms with Crippen molar-refractivity contribution in [3.63, 3.8) is 0 Å². The van der Waals surface area contributed by atoms with Gasteiger partial charge in [-0.05, 0) is 77.4 Å². The van der Waals surface area contributed by atoms with Gasteiger partial charge in [0.25, 0.3) is 0 Å². The minimum absolute atomic E-state index is 0.0128. The molecule has 2 unspecified atom stereocenters. The van der Waals surface area contributed by atoms with Gasteiger partial charge >= 0.3 is 0 Å². The molecule has 1 fully saturated rings. The Labute approximate surface area is 177 Å². The summed E-state index contributed by atoms with van der Waals surface area (Å²) < 4.78 is 25.9. The molecule has 2 heterocycles. The Hall–Kier alpha value is -1.72. The molecule has 1 saturated heterocycles. The summed E-state index contributed by atoms with van der Waals surface area (Å²) in [6, 6.07) is 11.7. The summed E-state index contributed by atoms with van der Waals surface area (Å²) in [5.41, 5.74) is 1.46. The molecule has 0 radical (unpaired) electrons. The van der Waals surface area contributed by atoms with Gasteiger partial charge in [0.05, 0.1) is 12.1 Å². The standard InChI is InChI=1S/C24H30FNO2S/c1-15(2)28-17-10-16(25)11-19(12-17)29-18-6-7-21-20-8-9-26(24(3,4)5)22(20)14-27-23(21)13-18/h6-7,10-13,15,20,22H,8-9,14H2,1-5H3. The highest BCUT2D eigenvalue weighted by atomic mass is 32.2. The largest absolute Gasteiger partial charge is 0.492 e. The highest BCUT2D eigenvalue weighted by Crippen LogP contribution is 2.45. The maximum absolute atomic E-state index is 14.0. The maximum atomic E-state index is 14.0. The lowest BCUT2D eigenvalue weighted by atomic mass is 9.88. The van der Waals surface area contributed by atoms with Gasteiger partial charge in [-0.25, -0.2) is 4.39 Å². The first-order chi connectivity index (χ1) is 13.7. The van der Waals surface area contributed by atoms with Crippen molar-refractivity contribution < 1.29 is 13.9 Å². The molecule has 2 aromatic rings. The van der Waals surface area contributed by atoms with Crippen LogP contribution in [0, 0.1) is 5.82 Å². The van der Waals surface area contributed by atoms with Crippen molar-refractivity contribution in [2.24, 2.45) is 0 Å². The third-order valence-corrected chi connectivity index (χ3v) is 6.61. The Kier molecular flexibility index (Phi) is 5.56. The zero-order valence-electron chi connectivity index (χ0n) is 17.9. The van der Waals surface area contributed by atoms with Crippen molar-refractivity contribution in [2.75, 3.05) is 13.2 Å². The zero-order valence-corrected chi connectivity index (χ0v) is 18.7. The highest BCUT2D eigenvalue weighted by molar-refractivity contribution is 7.99. The number of benzene rings is 2. The van der Waals surface area contributed by atoms with E-state index in [4.69, 9.17) is 9.47 Å². The van der Waals surface area contributed by atoms with Gasteiger partial charge in [-0.3, -0.25) is 4.90 Å². The molecular formula is C24H30FNO2S. The third kappa shape index (κ3) is 4.41. The Bertz CT molecular complexity index is 893. The molecule has 2 aliphatic rings. The van der Waals surface area contributed by atoms with E-state index in [1.165, 1.54) is 29.8 Å². The van der Waals surface area contributed by atoms with Crippen LogP contribution >= 0.6 is 11.8 Å². The van der Waals surface area contributed by atoms with E-state index in [1.54, 1.807) is 6.07 Å². The predicted octanol–water partition coefficient (Wildman–Crippen LogP) is 6.11. The van der Waals surface area contributed by atoms with Crippen LogP contribution in [0.5, 0.6) is 11.5 Å². The normalized spacial score (nSPS) is 21.6. The number of rotatable bonds is 4. The molecule has 0 saturated carbocycles. The van der Waals surface area contributed by atoms with Crippen LogP contribution < -0.4 is 9.47 Å². The van der Waals surface area contributed by atoms with Crippen LogP contribution in [-0.4, -0.2) is 35.7 Å². The molecule has 0 amide bonds. The molecule has 2 atom stereocenters. The van der Waals surface area contributed by atoms with Crippen molar-refractivity contribution in [3.05, 3.63) is 47.8 Å². The topological polar surface area (TPSA) is 21.7 Å². The van der Waals surface area contributed by atoms with E-state index in [0.29, 0.717) is 17.7 Å². The number of fused-ring (bicyclic) bond motifs is 3. The lowest BCUT2D eigenvalue weighted by molar-refractivity contribution is 0.0731. The molecule has 0 spiro atoms. The Morgan fingerprint density at radius 1 is 1.14 bits per heavy atom. The first-order valence-corrected chi connectivity index (χ1v) is 11.2. The predicted molar refractivity (Wildman–Crippen MR) is 116 cm³/mol. The fourth-order valence-corrected chi connectivity index (χ4v) is 5.43. The number of nitrogens with zero attached hydrogens (tertiary/aromatic N) is 1. The van der Waals surface area contributed by atoms with Gasteiger partial charge in [0.1, 0.15) is 23.9 Å². The minimum Gasteiger partial charge on any atom is -0.492 e.